The van der Waals surface area contributed by atoms with E-state index in [1.54, 1.807) is 30.5 Å². The molecule has 1 aliphatic carbocycles. The molecule has 3 rings (SSSR count). The van der Waals surface area contributed by atoms with Gasteiger partial charge >= 0.3 is 0 Å². The molecule has 0 spiro atoms. The lowest BCUT2D eigenvalue weighted by molar-refractivity contribution is -0.684. The molecule has 24 heavy (non-hydrogen) atoms. The van der Waals surface area contributed by atoms with E-state index in [0.717, 1.165) is 18.6 Å². The topological polar surface area (TPSA) is 88.0 Å². The Hall–Kier alpha value is -2.60. The van der Waals surface area contributed by atoms with Crippen LogP contribution in [-0.2, 0) is 4.79 Å². The lowest BCUT2D eigenvalue weighted by Crippen LogP contribution is -2.86. The Labute approximate surface area is 140 Å². The number of rotatable bonds is 7. The van der Waals surface area contributed by atoms with Crippen LogP contribution in [0.4, 0.5) is 5.69 Å². The molecule has 6 heteroatoms. The zero-order valence-electron chi connectivity index (χ0n) is 13.6. The average Bonchev–Trinajstić information content (AvgIpc) is 3.22. The van der Waals surface area contributed by atoms with Gasteiger partial charge in [-0.25, -0.2) is 0 Å². The van der Waals surface area contributed by atoms with Gasteiger partial charge in [-0.3, -0.25) is 9.59 Å². The van der Waals surface area contributed by atoms with Gasteiger partial charge < -0.3 is 20.4 Å². The van der Waals surface area contributed by atoms with Crippen LogP contribution in [0.1, 0.15) is 41.9 Å². The highest BCUT2D eigenvalue weighted by molar-refractivity contribution is 6.04. The lowest BCUT2D eigenvalue weighted by Gasteiger charge is -2.12. The maximum absolute atomic E-state index is 12.2. The van der Waals surface area contributed by atoms with Crippen LogP contribution in [-0.4, -0.2) is 24.4 Å². The van der Waals surface area contributed by atoms with Crippen LogP contribution in [0, 0.1) is 0 Å². The number of furan rings is 1. The number of nitrogens with one attached hydrogen (secondary N) is 2. The van der Waals surface area contributed by atoms with Crippen molar-refractivity contribution in [3.05, 3.63) is 54.0 Å². The largest absolute Gasteiger partial charge is 0.463 e. The summed E-state index contributed by atoms with van der Waals surface area (Å²) in [6.45, 7) is 2.23. The van der Waals surface area contributed by atoms with E-state index in [1.807, 2.05) is 24.4 Å². The predicted octanol–water partition coefficient (Wildman–Crippen LogP) is 1.43. The van der Waals surface area contributed by atoms with Crippen molar-refractivity contribution in [3.8, 4) is 0 Å². The van der Waals surface area contributed by atoms with Gasteiger partial charge in [-0.05, 0) is 44.0 Å². The zero-order chi connectivity index (χ0) is 16.9. The van der Waals surface area contributed by atoms with E-state index in [1.165, 1.54) is 0 Å². The monoisotopic (exact) mass is 328 g/mol. The Bertz CT molecular complexity index is 708. The van der Waals surface area contributed by atoms with Crippen LogP contribution in [0.3, 0.4) is 0 Å². The minimum absolute atomic E-state index is 0.0548. The Morgan fingerprint density at radius 3 is 2.75 bits per heavy atom. The van der Waals surface area contributed by atoms with Gasteiger partial charge in [-0.2, -0.15) is 0 Å². The fourth-order valence-corrected chi connectivity index (χ4v) is 2.43. The van der Waals surface area contributed by atoms with E-state index in [4.69, 9.17) is 4.42 Å². The van der Waals surface area contributed by atoms with E-state index in [-0.39, 0.29) is 30.4 Å². The number of hydrogen-bond acceptors (Lipinski definition) is 3. The van der Waals surface area contributed by atoms with Crippen LogP contribution in [0.2, 0.25) is 0 Å². The summed E-state index contributed by atoms with van der Waals surface area (Å²) in [5.74, 6) is 0.536. The van der Waals surface area contributed by atoms with E-state index < -0.39 is 0 Å². The molecule has 1 saturated carbocycles. The fourth-order valence-electron chi connectivity index (χ4n) is 2.43. The molecular weight excluding hydrogens is 306 g/mol. The van der Waals surface area contributed by atoms with E-state index in [0.29, 0.717) is 11.3 Å². The molecular formula is C18H22N3O3+. The van der Waals surface area contributed by atoms with E-state index >= 15 is 0 Å². The minimum Gasteiger partial charge on any atom is -0.463 e. The standard InChI is InChI=1S/C18H21N3O3/c1-12(16-7-4-10-24-16)19-11-17(22)21-15-6-3-2-5-14(15)18(23)20-13-8-9-13/h2-7,10,12-13,19H,8-9,11H2,1H3,(H,20,23)(H,21,22)/p+1/t12-/m0/s1. The molecule has 0 radical (unpaired) electrons. The summed E-state index contributed by atoms with van der Waals surface area (Å²) in [7, 11) is 0. The number of para-hydroxylation sites is 1. The first-order chi connectivity index (χ1) is 11.6. The Morgan fingerprint density at radius 2 is 2.04 bits per heavy atom. The first-order valence-corrected chi connectivity index (χ1v) is 8.20. The second-order valence-electron chi connectivity index (χ2n) is 6.09. The summed E-state index contributed by atoms with van der Waals surface area (Å²) < 4.78 is 5.32. The molecule has 0 unspecified atom stereocenters. The maximum atomic E-state index is 12.2. The summed E-state index contributed by atoms with van der Waals surface area (Å²) in [4.78, 5) is 24.4. The molecule has 0 aliphatic heterocycles. The Morgan fingerprint density at radius 1 is 1.25 bits per heavy atom. The van der Waals surface area contributed by atoms with Crippen LogP contribution in [0.25, 0.3) is 0 Å². The summed E-state index contributed by atoms with van der Waals surface area (Å²) in [6, 6.07) is 11.1. The molecule has 6 nitrogen and oxygen atoms in total. The quantitative estimate of drug-likeness (QED) is 0.718. The summed E-state index contributed by atoms with van der Waals surface area (Å²) in [6.07, 6.45) is 3.67. The molecule has 1 atom stereocenters. The first kappa shape index (κ1) is 16.3. The van der Waals surface area contributed by atoms with Gasteiger partial charge in [0, 0.05) is 6.04 Å². The van der Waals surface area contributed by atoms with Crippen molar-refractivity contribution >= 4 is 17.5 Å². The van der Waals surface area contributed by atoms with Crippen molar-refractivity contribution in [1.29, 1.82) is 0 Å². The number of carbonyl (C=O) groups is 2. The highest BCUT2D eigenvalue weighted by Gasteiger charge is 2.25. The number of quaternary nitrogens is 1. The highest BCUT2D eigenvalue weighted by atomic mass is 16.3. The van der Waals surface area contributed by atoms with Crippen LogP contribution in [0.15, 0.2) is 47.1 Å². The molecule has 4 N–H and O–H groups in total. The zero-order valence-corrected chi connectivity index (χ0v) is 13.6. The molecule has 126 valence electrons. The van der Waals surface area contributed by atoms with Crippen molar-refractivity contribution < 1.29 is 19.3 Å². The third-order valence-corrected chi connectivity index (χ3v) is 4.01. The van der Waals surface area contributed by atoms with Crippen molar-refractivity contribution in [3.63, 3.8) is 0 Å². The molecule has 1 fully saturated rings. The third kappa shape index (κ3) is 4.23. The molecule has 2 aromatic rings. The van der Waals surface area contributed by atoms with Gasteiger partial charge in [0.1, 0.15) is 6.04 Å². The number of hydrogen-bond donors (Lipinski definition) is 3. The van der Waals surface area contributed by atoms with Gasteiger partial charge in [0.2, 0.25) is 0 Å². The Kier molecular flexibility index (Phi) is 4.96. The minimum atomic E-state index is -0.153. The predicted molar refractivity (Wildman–Crippen MR) is 89.5 cm³/mol. The number of carbonyl (C=O) groups excluding carboxylic acids is 2. The lowest BCUT2D eigenvalue weighted by atomic mass is 10.1. The Balaban J connectivity index is 1.56. The van der Waals surface area contributed by atoms with Crippen LogP contribution < -0.4 is 16.0 Å². The molecule has 0 saturated heterocycles. The fraction of sp³-hybridized carbons (Fsp3) is 0.333. The summed E-state index contributed by atoms with van der Waals surface area (Å²) in [5.41, 5.74) is 1.04. The SMILES string of the molecule is C[C@H]([NH2+]CC(=O)Nc1ccccc1C(=O)NC1CC1)c1ccco1. The van der Waals surface area contributed by atoms with Crippen LogP contribution >= 0.6 is 0 Å². The molecule has 1 aliphatic rings. The summed E-state index contributed by atoms with van der Waals surface area (Å²) >= 11 is 0. The van der Waals surface area contributed by atoms with Gasteiger partial charge in [0.05, 0.1) is 17.5 Å². The highest BCUT2D eigenvalue weighted by Crippen LogP contribution is 2.21. The third-order valence-electron chi connectivity index (χ3n) is 4.01. The number of nitrogens with two attached hydrogens (primary N) is 1. The van der Waals surface area contributed by atoms with Crippen molar-refractivity contribution in [2.45, 2.75) is 31.8 Å². The average molecular weight is 328 g/mol. The normalized spacial score (nSPS) is 14.9. The van der Waals surface area contributed by atoms with Crippen molar-refractivity contribution in [2.24, 2.45) is 0 Å². The van der Waals surface area contributed by atoms with Gasteiger partial charge in [0.15, 0.2) is 12.3 Å². The van der Waals surface area contributed by atoms with Gasteiger partial charge in [-0.1, -0.05) is 12.1 Å². The second kappa shape index (κ2) is 7.31. The first-order valence-electron chi connectivity index (χ1n) is 8.20. The number of benzene rings is 1. The van der Waals surface area contributed by atoms with E-state index in [9.17, 15) is 9.59 Å². The number of amides is 2. The molecule has 2 amide bonds. The van der Waals surface area contributed by atoms with E-state index in [2.05, 4.69) is 10.6 Å². The van der Waals surface area contributed by atoms with Gasteiger partial charge in [0.25, 0.3) is 11.8 Å². The van der Waals surface area contributed by atoms with Gasteiger partial charge in [-0.15, -0.1) is 0 Å². The second-order valence-corrected chi connectivity index (χ2v) is 6.09. The maximum Gasteiger partial charge on any atom is 0.279 e. The van der Waals surface area contributed by atoms with Crippen molar-refractivity contribution in [1.82, 2.24) is 5.32 Å². The van der Waals surface area contributed by atoms with Crippen LogP contribution in [0.5, 0.6) is 0 Å². The molecule has 1 aromatic carbocycles. The number of anilines is 1. The molecule has 0 bridgehead atoms. The van der Waals surface area contributed by atoms with Crippen molar-refractivity contribution in [2.75, 3.05) is 11.9 Å². The smallest absolute Gasteiger partial charge is 0.279 e. The molecule has 1 aromatic heterocycles. The molecule has 1 heterocycles. The summed E-state index contributed by atoms with van der Waals surface area (Å²) in [5, 5.41) is 7.66.